The van der Waals surface area contributed by atoms with Crippen molar-refractivity contribution >= 4 is 40.0 Å². The van der Waals surface area contributed by atoms with Gasteiger partial charge in [-0.05, 0) is 42.3 Å². The maximum absolute atomic E-state index is 11.9. The van der Waals surface area contributed by atoms with Crippen molar-refractivity contribution in [1.29, 1.82) is 0 Å². The molecule has 1 heterocycles. The molecule has 0 radical (unpaired) electrons. The molecule has 0 saturated heterocycles. The highest BCUT2D eigenvalue weighted by atomic mass is 35.5. The van der Waals surface area contributed by atoms with Crippen molar-refractivity contribution in [3.63, 3.8) is 0 Å². The van der Waals surface area contributed by atoms with Crippen LogP contribution >= 0.6 is 11.6 Å². The first-order valence-electron chi connectivity index (χ1n) is 7.99. The Bertz CT molecular complexity index is 887. The number of carbonyl (C=O) groups is 2. The fourth-order valence-corrected chi connectivity index (χ4v) is 2.75. The second-order valence-electron chi connectivity index (χ2n) is 5.69. The van der Waals surface area contributed by atoms with E-state index in [4.69, 9.17) is 11.6 Å². The van der Waals surface area contributed by atoms with Gasteiger partial charge in [0.05, 0.1) is 0 Å². The molecule has 128 valence electrons. The molecule has 0 aliphatic carbocycles. The Kier molecular flexibility index (Phi) is 5.36. The number of hydrogen-bond acceptors (Lipinski definition) is 2. The number of amides is 2. The Labute approximate surface area is 150 Å². The van der Waals surface area contributed by atoms with Crippen LogP contribution in [-0.2, 0) is 16.0 Å². The number of anilines is 1. The number of benzene rings is 2. The van der Waals surface area contributed by atoms with Gasteiger partial charge in [-0.2, -0.15) is 0 Å². The van der Waals surface area contributed by atoms with Gasteiger partial charge in [0, 0.05) is 34.4 Å². The number of para-hydroxylation sites is 1. The summed E-state index contributed by atoms with van der Waals surface area (Å²) in [5, 5.41) is 7.18. The fourth-order valence-electron chi connectivity index (χ4n) is 2.62. The Morgan fingerprint density at radius 1 is 1.00 bits per heavy atom. The molecular weight excluding hydrogens is 338 g/mol. The molecule has 3 rings (SSSR count). The fraction of sp³-hybridized carbons (Fsp3) is 0.158. The SMILES string of the molecule is O=C(CC(=O)Nc1ccc(Cl)cc1)NCCc1c[nH]c2ccccc12. The molecule has 3 aromatic rings. The summed E-state index contributed by atoms with van der Waals surface area (Å²) in [6.45, 7) is 0.481. The summed E-state index contributed by atoms with van der Waals surface area (Å²) < 4.78 is 0. The minimum atomic E-state index is -0.355. The van der Waals surface area contributed by atoms with Crippen LogP contribution in [0.15, 0.2) is 54.7 Å². The van der Waals surface area contributed by atoms with Gasteiger partial charge in [0.2, 0.25) is 11.8 Å². The average molecular weight is 356 g/mol. The third-order valence-electron chi connectivity index (χ3n) is 3.84. The Hall–Kier alpha value is -2.79. The maximum atomic E-state index is 11.9. The zero-order valence-corrected chi connectivity index (χ0v) is 14.3. The van der Waals surface area contributed by atoms with E-state index in [1.54, 1.807) is 24.3 Å². The Morgan fingerprint density at radius 3 is 2.56 bits per heavy atom. The summed E-state index contributed by atoms with van der Waals surface area (Å²) in [5.41, 5.74) is 2.83. The largest absolute Gasteiger partial charge is 0.361 e. The van der Waals surface area contributed by atoms with Crippen molar-refractivity contribution in [2.24, 2.45) is 0 Å². The summed E-state index contributed by atoms with van der Waals surface area (Å²) >= 11 is 5.79. The average Bonchev–Trinajstić information content (AvgIpc) is 3.00. The van der Waals surface area contributed by atoms with Gasteiger partial charge in [0.15, 0.2) is 0 Å². The summed E-state index contributed by atoms with van der Waals surface area (Å²) in [4.78, 5) is 27.0. The number of hydrogen-bond donors (Lipinski definition) is 3. The number of fused-ring (bicyclic) bond motifs is 1. The summed E-state index contributed by atoms with van der Waals surface area (Å²) in [6.07, 6.45) is 2.44. The quantitative estimate of drug-likeness (QED) is 0.592. The normalized spacial score (nSPS) is 10.6. The molecule has 1 aromatic heterocycles. The van der Waals surface area contributed by atoms with Gasteiger partial charge in [0.25, 0.3) is 0 Å². The zero-order chi connectivity index (χ0) is 17.6. The lowest BCUT2D eigenvalue weighted by Crippen LogP contribution is -2.29. The second kappa shape index (κ2) is 7.85. The molecule has 0 spiro atoms. The molecule has 0 bridgehead atoms. The van der Waals surface area contributed by atoms with Crippen LogP contribution in [0.3, 0.4) is 0 Å². The number of halogens is 1. The summed E-state index contributed by atoms with van der Waals surface area (Å²) in [7, 11) is 0. The third-order valence-corrected chi connectivity index (χ3v) is 4.09. The van der Waals surface area contributed by atoms with Crippen molar-refractivity contribution in [2.75, 3.05) is 11.9 Å². The molecule has 0 aliphatic heterocycles. The molecule has 25 heavy (non-hydrogen) atoms. The highest BCUT2D eigenvalue weighted by molar-refractivity contribution is 6.30. The predicted molar refractivity (Wildman–Crippen MR) is 99.7 cm³/mol. The second-order valence-corrected chi connectivity index (χ2v) is 6.13. The van der Waals surface area contributed by atoms with E-state index < -0.39 is 0 Å². The van der Waals surface area contributed by atoms with Gasteiger partial charge in [-0.1, -0.05) is 29.8 Å². The van der Waals surface area contributed by atoms with Crippen molar-refractivity contribution in [2.45, 2.75) is 12.8 Å². The van der Waals surface area contributed by atoms with Crippen molar-refractivity contribution in [3.8, 4) is 0 Å². The molecule has 0 aliphatic rings. The van der Waals surface area contributed by atoms with Gasteiger partial charge in [-0.3, -0.25) is 9.59 Å². The van der Waals surface area contributed by atoms with Crippen LogP contribution in [0.25, 0.3) is 10.9 Å². The lowest BCUT2D eigenvalue weighted by atomic mass is 10.1. The van der Waals surface area contributed by atoms with E-state index in [9.17, 15) is 9.59 Å². The van der Waals surface area contributed by atoms with E-state index in [0.29, 0.717) is 23.7 Å². The van der Waals surface area contributed by atoms with E-state index in [1.807, 2.05) is 30.5 Å². The lowest BCUT2D eigenvalue weighted by molar-refractivity contribution is -0.126. The first-order chi connectivity index (χ1) is 12.1. The molecule has 5 nitrogen and oxygen atoms in total. The van der Waals surface area contributed by atoms with Crippen LogP contribution in [0.4, 0.5) is 5.69 Å². The molecule has 3 N–H and O–H groups in total. The minimum Gasteiger partial charge on any atom is -0.361 e. The highest BCUT2D eigenvalue weighted by Gasteiger charge is 2.10. The van der Waals surface area contributed by atoms with Crippen LogP contribution in [0.2, 0.25) is 5.02 Å². The first kappa shape index (κ1) is 17.0. The minimum absolute atomic E-state index is 0.212. The standard InChI is InChI=1S/C19H18ClN3O2/c20-14-5-7-15(8-6-14)23-19(25)11-18(24)21-10-9-13-12-22-17-4-2-1-3-16(13)17/h1-8,12,22H,9-11H2,(H,21,24)(H,23,25). The van der Waals surface area contributed by atoms with E-state index in [0.717, 1.165) is 16.5 Å². The summed E-state index contributed by atoms with van der Waals surface area (Å²) in [5.74, 6) is -0.654. The molecule has 0 fully saturated rings. The van der Waals surface area contributed by atoms with Gasteiger partial charge >= 0.3 is 0 Å². The van der Waals surface area contributed by atoms with Gasteiger partial charge in [-0.15, -0.1) is 0 Å². The van der Waals surface area contributed by atoms with Crippen LogP contribution < -0.4 is 10.6 Å². The molecule has 2 amide bonds. The number of rotatable bonds is 6. The molecule has 0 unspecified atom stereocenters. The Balaban J connectivity index is 1.44. The highest BCUT2D eigenvalue weighted by Crippen LogP contribution is 2.17. The van der Waals surface area contributed by atoms with Crippen molar-refractivity contribution in [3.05, 3.63) is 65.3 Å². The topological polar surface area (TPSA) is 74.0 Å². The molecule has 6 heteroatoms. The van der Waals surface area contributed by atoms with Crippen LogP contribution in [0, 0.1) is 0 Å². The van der Waals surface area contributed by atoms with Crippen LogP contribution in [0.5, 0.6) is 0 Å². The van der Waals surface area contributed by atoms with Gasteiger partial charge in [-0.25, -0.2) is 0 Å². The first-order valence-corrected chi connectivity index (χ1v) is 8.37. The molecule has 0 atom stereocenters. The molecule has 2 aromatic carbocycles. The number of aromatic amines is 1. The third kappa shape index (κ3) is 4.61. The maximum Gasteiger partial charge on any atom is 0.233 e. The zero-order valence-electron chi connectivity index (χ0n) is 13.5. The van der Waals surface area contributed by atoms with Crippen LogP contribution in [-0.4, -0.2) is 23.3 Å². The number of carbonyl (C=O) groups excluding carboxylic acids is 2. The van der Waals surface area contributed by atoms with E-state index in [1.165, 1.54) is 0 Å². The smallest absolute Gasteiger partial charge is 0.233 e. The Morgan fingerprint density at radius 2 is 1.76 bits per heavy atom. The molecular formula is C19H18ClN3O2. The summed E-state index contributed by atoms with van der Waals surface area (Å²) in [6, 6.07) is 14.8. The molecule has 0 saturated carbocycles. The monoisotopic (exact) mass is 355 g/mol. The van der Waals surface area contributed by atoms with E-state index >= 15 is 0 Å². The lowest BCUT2D eigenvalue weighted by Gasteiger charge is -2.06. The van der Waals surface area contributed by atoms with Crippen molar-refractivity contribution < 1.29 is 9.59 Å². The van der Waals surface area contributed by atoms with Crippen molar-refractivity contribution in [1.82, 2.24) is 10.3 Å². The van der Waals surface area contributed by atoms with Crippen LogP contribution in [0.1, 0.15) is 12.0 Å². The number of aromatic nitrogens is 1. The van der Waals surface area contributed by atoms with Gasteiger partial charge < -0.3 is 15.6 Å². The van der Waals surface area contributed by atoms with E-state index in [2.05, 4.69) is 15.6 Å². The number of nitrogens with one attached hydrogen (secondary N) is 3. The van der Waals surface area contributed by atoms with Gasteiger partial charge in [0.1, 0.15) is 6.42 Å². The predicted octanol–water partition coefficient (Wildman–Crippen LogP) is 3.51. The van der Waals surface area contributed by atoms with E-state index in [-0.39, 0.29) is 18.2 Å². The number of H-pyrrole nitrogens is 1.